The zero-order valence-electron chi connectivity index (χ0n) is 4.59. The summed E-state index contributed by atoms with van der Waals surface area (Å²) in [5, 5.41) is 0. The molecule has 0 radical (unpaired) electrons. The predicted molar refractivity (Wildman–Crippen MR) is 79.7 cm³/mol. The van der Waals surface area contributed by atoms with Gasteiger partial charge in [-0.05, 0) is 0 Å². The Morgan fingerprint density at radius 2 is 1.00 bits per heavy atom. The van der Waals surface area contributed by atoms with Crippen LogP contribution in [0.15, 0.2) is 0 Å². The Morgan fingerprint density at radius 1 is 0.727 bits per heavy atom. The van der Waals surface area contributed by atoms with Gasteiger partial charge in [-0.2, -0.15) is 0 Å². The van der Waals surface area contributed by atoms with E-state index < -0.39 is 7.94 Å². The highest BCUT2D eigenvalue weighted by Gasteiger charge is 2.54. The SMILES string of the molecule is SC(Br)(Br)C(Br)(Br)C(Br)(Br)Br. The Hall–Kier alpha value is 3.71. The molecule has 0 saturated carbocycles. The molecule has 0 aliphatic rings. The Balaban J connectivity index is 4.75. The molecule has 0 aromatic rings. The number of hydrogen-bond acceptors (Lipinski definition) is 1. The predicted octanol–water partition coefficient (Wildman–Crippen LogP) is 5.68. The molecule has 0 amide bonds. The lowest BCUT2D eigenvalue weighted by Crippen LogP contribution is -2.40. The third-order valence-corrected chi connectivity index (χ3v) is 12.4. The summed E-state index contributed by atoms with van der Waals surface area (Å²) in [5.41, 5.74) is 0. The van der Waals surface area contributed by atoms with Crippen molar-refractivity contribution in [1.29, 1.82) is 0 Å². The molecule has 8 heteroatoms. The summed E-state index contributed by atoms with van der Waals surface area (Å²) in [6, 6.07) is 0. The molecular weight excluding hydrogens is 627 g/mol. The molecule has 0 aromatic carbocycles. The summed E-state index contributed by atoms with van der Waals surface area (Å²) >= 11 is 27.9. The van der Waals surface area contributed by atoms with E-state index in [1.54, 1.807) is 0 Å². The van der Waals surface area contributed by atoms with Crippen LogP contribution >= 0.6 is 124 Å². The normalized spacial score (nSPS) is 15.3. The first-order valence-electron chi connectivity index (χ1n) is 2.05. The summed E-state index contributed by atoms with van der Waals surface area (Å²) in [4.78, 5) is 0. The van der Waals surface area contributed by atoms with Gasteiger partial charge in [0.2, 0.25) is 0 Å². The summed E-state index contributed by atoms with van der Waals surface area (Å²) in [5.74, 6) is 0. The second-order valence-corrected chi connectivity index (χ2v) is 17.2. The minimum atomic E-state index is -0.608. The molecule has 0 spiro atoms. The van der Waals surface area contributed by atoms with Crippen LogP contribution in [0.3, 0.4) is 0 Å². The molecule has 0 fully saturated rings. The third kappa shape index (κ3) is 3.99. The highest BCUT2D eigenvalue weighted by molar-refractivity contribution is 9.42. The average molecular weight is 628 g/mol. The molecule has 0 saturated heterocycles. The largest absolute Gasteiger partial charge is 0.162 e. The summed E-state index contributed by atoms with van der Waals surface area (Å²) < 4.78 is -1.68. The van der Waals surface area contributed by atoms with E-state index in [0.29, 0.717) is 0 Å². The molecule has 0 atom stereocenters. The molecule has 0 nitrogen and oxygen atoms in total. The minimum Gasteiger partial charge on any atom is -0.147 e. The van der Waals surface area contributed by atoms with Crippen molar-refractivity contribution in [3.8, 4) is 0 Å². The first-order valence-corrected chi connectivity index (χ1v) is 8.04. The van der Waals surface area contributed by atoms with Gasteiger partial charge in [0.05, 0.1) is 0 Å². The molecule has 0 aliphatic heterocycles. The second-order valence-electron chi connectivity index (χ2n) is 1.61. The van der Waals surface area contributed by atoms with Crippen molar-refractivity contribution in [2.24, 2.45) is 0 Å². The first-order chi connectivity index (χ1) is 4.50. The van der Waals surface area contributed by atoms with E-state index in [1.807, 2.05) is 0 Å². The zero-order valence-corrected chi connectivity index (χ0v) is 16.6. The van der Waals surface area contributed by atoms with Gasteiger partial charge in [-0.15, -0.1) is 12.6 Å². The van der Waals surface area contributed by atoms with Crippen molar-refractivity contribution in [2.45, 2.75) is 7.94 Å². The molecule has 0 aliphatic carbocycles. The third-order valence-electron chi connectivity index (χ3n) is 0.734. The lowest BCUT2D eigenvalue weighted by atomic mass is 10.6. The monoisotopic (exact) mass is 621 g/mol. The van der Waals surface area contributed by atoms with E-state index in [9.17, 15) is 0 Å². The standard InChI is InChI=1S/C3HBr7S/c4-1(5,2(6,7)8)3(9,10)11/h11H. The van der Waals surface area contributed by atoms with Gasteiger partial charge in [0.25, 0.3) is 0 Å². The quantitative estimate of drug-likeness (QED) is 0.281. The average Bonchev–Trinajstić information content (AvgIpc) is 1.58. The van der Waals surface area contributed by atoms with Crippen LogP contribution in [-0.4, -0.2) is 7.94 Å². The van der Waals surface area contributed by atoms with Crippen LogP contribution in [0.1, 0.15) is 0 Å². The Labute approximate surface area is 130 Å². The molecule has 0 unspecified atom stereocenters. The molecule has 0 heterocycles. The fourth-order valence-corrected chi connectivity index (χ4v) is 3.88. The van der Waals surface area contributed by atoms with Gasteiger partial charge in [-0.1, -0.05) is 112 Å². The maximum atomic E-state index is 4.28. The van der Waals surface area contributed by atoms with Gasteiger partial charge in [0.1, 0.15) is 3.23 Å². The van der Waals surface area contributed by atoms with E-state index in [4.69, 9.17) is 0 Å². The molecule has 0 bridgehead atoms. The molecular formula is C3HBr7S. The molecule has 0 aromatic heterocycles. The van der Waals surface area contributed by atoms with Gasteiger partial charge in [-0.25, -0.2) is 0 Å². The number of thiol groups is 1. The minimum absolute atomic E-state index is 0.519. The lowest BCUT2D eigenvalue weighted by molar-refractivity contribution is 0.995. The van der Waals surface area contributed by atoms with Gasteiger partial charge in [-0.3, -0.25) is 0 Å². The van der Waals surface area contributed by atoms with Crippen LogP contribution < -0.4 is 0 Å². The van der Waals surface area contributed by atoms with Crippen LogP contribution in [0, 0.1) is 0 Å². The van der Waals surface area contributed by atoms with E-state index in [-0.39, 0.29) is 0 Å². The second kappa shape index (κ2) is 4.70. The van der Waals surface area contributed by atoms with Crippen LogP contribution in [0.25, 0.3) is 0 Å². The molecule has 68 valence electrons. The lowest BCUT2D eigenvalue weighted by Gasteiger charge is -2.36. The number of hydrogen-bond donors (Lipinski definition) is 1. The van der Waals surface area contributed by atoms with E-state index in [1.165, 1.54) is 0 Å². The van der Waals surface area contributed by atoms with E-state index in [0.717, 1.165) is 0 Å². The smallest absolute Gasteiger partial charge is 0.147 e. The Bertz CT molecular complexity index is 125. The maximum Gasteiger partial charge on any atom is 0.162 e. The summed E-state index contributed by atoms with van der Waals surface area (Å²) in [7, 11) is 0. The molecule has 11 heavy (non-hydrogen) atoms. The van der Waals surface area contributed by atoms with Gasteiger partial charge >= 0.3 is 0 Å². The van der Waals surface area contributed by atoms with Gasteiger partial charge in [0, 0.05) is 0 Å². The fourth-order valence-electron chi connectivity index (χ4n) is 0.171. The Kier molecular flexibility index (Phi) is 6.28. The summed E-state index contributed by atoms with van der Waals surface area (Å²) in [6.45, 7) is 0. The topological polar surface area (TPSA) is 0 Å². The zero-order chi connectivity index (χ0) is 9.50. The first kappa shape index (κ1) is 14.7. The van der Waals surface area contributed by atoms with Gasteiger partial charge < -0.3 is 0 Å². The Morgan fingerprint density at radius 3 is 1.00 bits per heavy atom. The highest BCUT2D eigenvalue weighted by Crippen LogP contribution is 2.63. The molecule has 0 rings (SSSR count). The number of halogens is 7. The number of rotatable bonds is 1. The highest BCUT2D eigenvalue weighted by atomic mass is 80.0. The van der Waals surface area contributed by atoms with Crippen molar-refractivity contribution < 1.29 is 0 Å². The fraction of sp³-hybridized carbons (Fsp3) is 1.00. The van der Waals surface area contributed by atoms with Crippen molar-refractivity contribution in [3.05, 3.63) is 0 Å². The van der Waals surface area contributed by atoms with Gasteiger partial charge in [0.15, 0.2) is 4.71 Å². The summed E-state index contributed by atoms with van der Waals surface area (Å²) in [6.07, 6.45) is 0. The maximum absolute atomic E-state index is 4.28. The van der Waals surface area contributed by atoms with Crippen LogP contribution in [0.5, 0.6) is 0 Å². The number of alkyl halides is 7. The van der Waals surface area contributed by atoms with Crippen molar-refractivity contribution in [1.82, 2.24) is 0 Å². The molecule has 0 N–H and O–H groups in total. The van der Waals surface area contributed by atoms with Crippen LogP contribution in [0.2, 0.25) is 0 Å². The van der Waals surface area contributed by atoms with E-state index in [2.05, 4.69) is 124 Å². The van der Waals surface area contributed by atoms with Crippen LogP contribution in [-0.2, 0) is 0 Å². The van der Waals surface area contributed by atoms with Crippen LogP contribution in [0.4, 0.5) is 0 Å². The van der Waals surface area contributed by atoms with Crippen molar-refractivity contribution >= 4 is 124 Å². The van der Waals surface area contributed by atoms with E-state index >= 15 is 0 Å². The van der Waals surface area contributed by atoms with Crippen molar-refractivity contribution in [2.75, 3.05) is 0 Å². The van der Waals surface area contributed by atoms with Crippen molar-refractivity contribution in [3.63, 3.8) is 0 Å².